The minimum Gasteiger partial charge on any atom is -0.391 e. The van der Waals surface area contributed by atoms with Gasteiger partial charge in [-0.25, -0.2) is 8.78 Å². The van der Waals surface area contributed by atoms with Gasteiger partial charge in [-0.2, -0.15) is 0 Å². The van der Waals surface area contributed by atoms with Crippen molar-refractivity contribution in [3.8, 4) is 0 Å². The van der Waals surface area contributed by atoms with Crippen LogP contribution >= 0.6 is 0 Å². The van der Waals surface area contributed by atoms with Gasteiger partial charge in [0, 0.05) is 69.7 Å². The first-order chi connectivity index (χ1) is 25.9. The molecule has 6 N–H and O–H groups in total. The molecule has 2 fully saturated rings. The topological polar surface area (TPSA) is 165 Å². The van der Waals surface area contributed by atoms with Crippen molar-refractivity contribution < 1.29 is 38.1 Å². The molecule has 4 heterocycles. The number of ether oxygens (including phenoxy) is 1. The Balaban J connectivity index is 1.27. The number of carbonyl (C=O) groups is 3. The SMILES string of the molecule is CN[C@@H](C)C(=O)N[C@@H](CCCOC)C(=O)N1C[C@@H](O)C[C@H]1CNc1cn(-n2cc(NC[C@@H]3C[C@H](O)CN3C(C)=O)c3ccc(F)cc32)c2cc(F)ccc12. The van der Waals surface area contributed by atoms with Gasteiger partial charge in [-0.1, -0.05) is 0 Å². The molecule has 2 aliphatic rings. The minimum absolute atomic E-state index is 0.108. The second-order valence-corrected chi connectivity index (χ2v) is 14.3. The van der Waals surface area contributed by atoms with Crippen LogP contribution in [0.4, 0.5) is 20.2 Å². The lowest BCUT2D eigenvalue weighted by atomic mass is 10.1. The van der Waals surface area contributed by atoms with Gasteiger partial charge in [0.05, 0.1) is 65.1 Å². The number of likely N-dealkylation sites (N-methyl/N-ethyl adjacent to an activating group) is 1. The Kier molecular flexibility index (Phi) is 12.1. The fourth-order valence-corrected chi connectivity index (χ4v) is 7.60. The Hall–Kier alpha value is -4.77. The van der Waals surface area contributed by atoms with E-state index in [1.165, 1.54) is 31.2 Å². The molecule has 3 amide bonds. The molecule has 6 rings (SSSR count). The number of likely N-dealkylation sites (tertiary alicyclic amines) is 2. The number of anilines is 2. The zero-order chi connectivity index (χ0) is 38.7. The Morgan fingerprint density at radius 3 is 1.89 bits per heavy atom. The number of carbonyl (C=O) groups excluding carboxylic acids is 3. The van der Waals surface area contributed by atoms with Crippen LogP contribution in [0.1, 0.15) is 39.5 Å². The number of fused-ring (bicyclic) bond motifs is 2. The zero-order valence-corrected chi connectivity index (χ0v) is 31.0. The summed E-state index contributed by atoms with van der Waals surface area (Å²) in [5, 5.41) is 34.9. The highest BCUT2D eigenvalue weighted by Crippen LogP contribution is 2.33. The van der Waals surface area contributed by atoms with Crippen LogP contribution in [0.2, 0.25) is 0 Å². The van der Waals surface area contributed by atoms with E-state index < -0.39 is 42.0 Å². The highest BCUT2D eigenvalue weighted by Gasteiger charge is 2.38. The van der Waals surface area contributed by atoms with Crippen LogP contribution in [0.15, 0.2) is 48.8 Å². The van der Waals surface area contributed by atoms with Crippen LogP contribution in [0.5, 0.6) is 0 Å². The molecule has 2 aromatic carbocycles. The monoisotopic (exact) mass is 752 g/mol. The van der Waals surface area contributed by atoms with Crippen molar-refractivity contribution >= 4 is 50.9 Å². The summed E-state index contributed by atoms with van der Waals surface area (Å²) in [5.41, 5.74) is 2.28. The number of benzene rings is 2. The number of nitrogens with one attached hydrogen (secondary N) is 4. The largest absolute Gasteiger partial charge is 0.391 e. The number of amides is 3. The van der Waals surface area contributed by atoms with Gasteiger partial charge >= 0.3 is 0 Å². The summed E-state index contributed by atoms with van der Waals surface area (Å²) < 4.78 is 38.2. The first-order valence-corrected chi connectivity index (χ1v) is 18.4. The maximum atomic E-state index is 14.8. The predicted molar refractivity (Wildman–Crippen MR) is 201 cm³/mol. The lowest BCUT2D eigenvalue weighted by molar-refractivity contribution is -0.137. The number of hydrogen-bond acceptors (Lipinski definition) is 9. The summed E-state index contributed by atoms with van der Waals surface area (Å²) in [6.45, 7) is 4.57. The fraction of sp³-hybridized carbons (Fsp3) is 0.500. The number of β-amino-alcohol motifs (C(OH)–C–C–N with tert-alkyl or cyclic N) is 2. The summed E-state index contributed by atoms with van der Waals surface area (Å²) in [6.07, 6.45) is 3.83. The van der Waals surface area contributed by atoms with Gasteiger partial charge in [-0.15, -0.1) is 0 Å². The van der Waals surface area contributed by atoms with Crippen LogP contribution in [-0.2, 0) is 19.1 Å². The van der Waals surface area contributed by atoms with Crippen LogP contribution in [-0.4, -0.2) is 130 Å². The van der Waals surface area contributed by atoms with E-state index in [4.69, 9.17) is 4.74 Å². The first-order valence-electron chi connectivity index (χ1n) is 18.4. The molecule has 2 saturated heterocycles. The van der Waals surface area contributed by atoms with E-state index in [1.54, 1.807) is 64.8 Å². The molecule has 6 atom stereocenters. The standard InChI is InChI=1S/C38H50F2N8O6/c1-22(41-3)37(52)44-32(6-5-11-54-4)38(53)46-19-29(51)15-27(46)17-43-34-21-48(36-13-25(40)8-10-31(34)36)47-20-33(30-9-7-24(39)12-35(30)47)42-16-26-14-28(50)18-45(26)23(2)49/h7-10,12-13,20-22,26-29,32,41-43,50-51H,5-6,11,14-19H2,1-4H3,(H,44,52)/t22-,26-,27-,28-,29-,32-/m0/s1. The predicted octanol–water partition coefficient (Wildman–Crippen LogP) is 2.47. The Morgan fingerprint density at radius 1 is 0.870 bits per heavy atom. The van der Waals surface area contributed by atoms with Gasteiger partial charge in [0.25, 0.3) is 0 Å². The summed E-state index contributed by atoms with van der Waals surface area (Å²) in [4.78, 5) is 42.2. The molecule has 2 aromatic heterocycles. The first kappa shape index (κ1) is 38.9. The van der Waals surface area contributed by atoms with E-state index in [2.05, 4.69) is 21.3 Å². The van der Waals surface area contributed by atoms with Gasteiger partial charge in [-0.3, -0.25) is 23.7 Å². The van der Waals surface area contributed by atoms with Crippen molar-refractivity contribution in [2.24, 2.45) is 0 Å². The number of aliphatic hydroxyl groups is 2. The molecule has 14 nitrogen and oxygen atoms in total. The van der Waals surface area contributed by atoms with Gasteiger partial charge < -0.3 is 46.0 Å². The zero-order valence-electron chi connectivity index (χ0n) is 31.0. The van der Waals surface area contributed by atoms with Gasteiger partial charge in [0.2, 0.25) is 17.7 Å². The number of aliphatic hydroxyl groups excluding tert-OH is 2. The molecule has 0 spiro atoms. The van der Waals surface area contributed by atoms with Crippen molar-refractivity contribution in [2.45, 2.75) is 75.9 Å². The number of hydrogen-bond donors (Lipinski definition) is 6. The number of methoxy groups -OCH3 is 1. The molecule has 16 heteroatoms. The molecule has 4 aromatic rings. The molecule has 0 saturated carbocycles. The molecule has 0 radical (unpaired) electrons. The van der Waals surface area contributed by atoms with E-state index in [0.717, 1.165) is 0 Å². The smallest absolute Gasteiger partial charge is 0.245 e. The molecule has 0 bridgehead atoms. The van der Waals surface area contributed by atoms with E-state index in [1.807, 2.05) is 0 Å². The second-order valence-electron chi connectivity index (χ2n) is 14.3. The van der Waals surface area contributed by atoms with Crippen molar-refractivity contribution in [1.29, 1.82) is 0 Å². The highest BCUT2D eigenvalue weighted by atomic mass is 19.1. The van der Waals surface area contributed by atoms with E-state index in [0.29, 0.717) is 72.0 Å². The van der Waals surface area contributed by atoms with Crippen LogP contribution in [0, 0.1) is 11.6 Å². The van der Waals surface area contributed by atoms with Crippen molar-refractivity contribution in [3.05, 3.63) is 60.4 Å². The number of rotatable bonds is 15. The summed E-state index contributed by atoms with van der Waals surface area (Å²) in [6, 6.07) is 6.82. The Morgan fingerprint density at radius 2 is 1.39 bits per heavy atom. The van der Waals surface area contributed by atoms with Crippen molar-refractivity contribution in [1.82, 2.24) is 29.8 Å². The summed E-state index contributed by atoms with van der Waals surface area (Å²) in [5.74, 6) is -1.67. The number of nitrogens with zero attached hydrogens (tertiary/aromatic N) is 4. The second kappa shape index (κ2) is 16.7. The Labute approximate surface area is 312 Å². The Bertz CT molecular complexity index is 1990. The summed E-state index contributed by atoms with van der Waals surface area (Å²) in [7, 11) is 3.24. The van der Waals surface area contributed by atoms with E-state index >= 15 is 0 Å². The van der Waals surface area contributed by atoms with Crippen LogP contribution in [0.25, 0.3) is 21.8 Å². The molecule has 54 heavy (non-hydrogen) atoms. The molecular weight excluding hydrogens is 702 g/mol. The molecule has 2 aliphatic heterocycles. The lowest BCUT2D eigenvalue weighted by Gasteiger charge is -2.30. The summed E-state index contributed by atoms with van der Waals surface area (Å²) >= 11 is 0. The molecule has 0 aliphatic carbocycles. The van der Waals surface area contributed by atoms with Crippen molar-refractivity contribution in [3.63, 3.8) is 0 Å². The number of aromatic nitrogens is 2. The quantitative estimate of drug-likeness (QED) is 0.100. The minimum atomic E-state index is -0.810. The average molecular weight is 753 g/mol. The van der Waals surface area contributed by atoms with E-state index in [9.17, 15) is 33.4 Å². The van der Waals surface area contributed by atoms with E-state index in [-0.39, 0.29) is 43.4 Å². The van der Waals surface area contributed by atoms with Crippen molar-refractivity contribution in [2.75, 3.05) is 57.6 Å². The van der Waals surface area contributed by atoms with Crippen LogP contribution < -0.4 is 21.3 Å². The normalized spacial score (nSPS) is 21.2. The molecular formula is C38H50F2N8O6. The maximum absolute atomic E-state index is 14.8. The average Bonchev–Trinajstić information content (AvgIpc) is 3.90. The van der Waals surface area contributed by atoms with Gasteiger partial charge in [-0.05, 0) is 63.9 Å². The number of halogens is 2. The molecule has 292 valence electrons. The third kappa shape index (κ3) is 8.31. The lowest BCUT2D eigenvalue weighted by Crippen LogP contribution is -2.54. The molecule has 0 unspecified atom stereocenters. The fourth-order valence-electron chi connectivity index (χ4n) is 7.60. The van der Waals surface area contributed by atoms with Crippen LogP contribution in [0.3, 0.4) is 0 Å². The van der Waals surface area contributed by atoms with Gasteiger partial charge in [0.15, 0.2) is 0 Å². The highest BCUT2D eigenvalue weighted by molar-refractivity contribution is 5.96. The third-order valence-electron chi connectivity index (χ3n) is 10.5. The third-order valence-corrected chi connectivity index (χ3v) is 10.5. The maximum Gasteiger partial charge on any atom is 0.245 e. The van der Waals surface area contributed by atoms with Gasteiger partial charge in [0.1, 0.15) is 17.7 Å².